The molecule has 116 valence electrons. The minimum Gasteiger partial charge on any atom is -0.507 e. The molecule has 0 aromatic heterocycles. The summed E-state index contributed by atoms with van der Waals surface area (Å²) < 4.78 is 1.31. The first-order valence-electron chi connectivity index (χ1n) is 6.79. The number of hydrogen-bond donors (Lipinski definition) is 1. The molecular weight excluding hydrogens is 394 g/mol. The van der Waals surface area contributed by atoms with Crippen LogP contribution in [0.25, 0.3) is 6.08 Å². The number of halogens is 1. The van der Waals surface area contributed by atoms with Gasteiger partial charge in [-0.05, 0) is 43.3 Å². The van der Waals surface area contributed by atoms with E-state index in [1.165, 1.54) is 16.7 Å². The van der Waals surface area contributed by atoms with Gasteiger partial charge in [-0.2, -0.15) is 0 Å². The number of anilines is 1. The smallest absolute Gasteiger partial charge is 0.270 e. The Balaban J connectivity index is 1.96. The third kappa shape index (κ3) is 3.34. The summed E-state index contributed by atoms with van der Waals surface area (Å²) in [6, 6.07) is 12.7. The number of carbonyl (C=O) groups excluding carboxylic acids is 1. The molecule has 6 heteroatoms. The zero-order chi connectivity index (χ0) is 16.6. The third-order valence-corrected chi connectivity index (χ3v) is 5.16. The molecule has 0 spiro atoms. The maximum atomic E-state index is 12.7. The molecule has 1 heterocycles. The molecule has 0 atom stereocenters. The predicted octanol–water partition coefficient (Wildman–Crippen LogP) is 4.87. The van der Waals surface area contributed by atoms with Crippen molar-refractivity contribution in [3.05, 3.63) is 63.0 Å². The Bertz CT molecular complexity index is 831. The summed E-state index contributed by atoms with van der Waals surface area (Å²) in [5, 5.41) is 9.93. The van der Waals surface area contributed by atoms with Crippen molar-refractivity contribution in [2.75, 3.05) is 4.90 Å². The van der Waals surface area contributed by atoms with E-state index < -0.39 is 0 Å². The first kappa shape index (κ1) is 16.2. The van der Waals surface area contributed by atoms with Crippen LogP contribution in [0.5, 0.6) is 5.75 Å². The minimum absolute atomic E-state index is 0.119. The lowest BCUT2D eigenvalue weighted by Crippen LogP contribution is -2.27. The van der Waals surface area contributed by atoms with Crippen LogP contribution in [0.2, 0.25) is 0 Å². The standard InChI is InChI=1S/C17H12BrNO2S2/c1-10-2-5-13(6-3-10)19-16(21)15(23-17(19)22)9-11-8-12(18)4-7-14(11)20/h2-9,20H,1H3. The van der Waals surface area contributed by atoms with E-state index in [0.29, 0.717) is 14.8 Å². The molecule has 23 heavy (non-hydrogen) atoms. The van der Waals surface area contributed by atoms with E-state index >= 15 is 0 Å². The van der Waals surface area contributed by atoms with E-state index in [0.717, 1.165) is 15.7 Å². The summed E-state index contributed by atoms with van der Waals surface area (Å²) in [6.45, 7) is 1.99. The van der Waals surface area contributed by atoms with Crippen LogP contribution in [0.3, 0.4) is 0 Å². The largest absolute Gasteiger partial charge is 0.507 e. The van der Waals surface area contributed by atoms with E-state index in [1.807, 2.05) is 31.2 Å². The molecule has 1 saturated heterocycles. The molecule has 1 amide bonds. The van der Waals surface area contributed by atoms with Crippen molar-refractivity contribution >= 4 is 61.9 Å². The molecule has 0 aliphatic carbocycles. The second-order valence-corrected chi connectivity index (χ2v) is 7.65. The maximum Gasteiger partial charge on any atom is 0.270 e. The van der Waals surface area contributed by atoms with Crippen molar-refractivity contribution in [1.29, 1.82) is 0 Å². The Morgan fingerprint density at radius 1 is 1.22 bits per heavy atom. The second kappa shape index (κ2) is 6.47. The molecule has 2 aromatic rings. The zero-order valence-electron chi connectivity index (χ0n) is 12.1. The summed E-state index contributed by atoms with van der Waals surface area (Å²) in [7, 11) is 0. The van der Waals surface area contributed by atoms with E-state index in [9.17, 15) is 9.90 Å². The average molecular weight is 406 g/mol. The number of rotatable bonds is 2. The van der Waals surface area contributed by atoms with Gasteiger partial charge in [-0.25, -0.2) is 0 Å². The fourth-order valence-corrected chi connectivity index (χ4v) is 3.84. The number of amides is 1. The third-order valence-electron chi connectivity index (χ3n) is 3.36. The van der Waals surface area contributed by atoms with E-state index in [4.69, 9.17) is 12.2 Å². The van der Waals surface area contributed by atoms with E-state index in [2.05, 4.69) is 15.9 Å². The Kier molecular flexibility index (Phi) is 4.57. The van der Waals surface area contributed by atoms with Crippen LogP contribution < -0.4 is 4.90 Å². The van der Waals surface area contributed by atoms with Gasteiger partial charge in [-0.1, -0.05) is 57.6 Å². The van der Waals surface area contributed by atoms with E-state index in [1.54, 1.807) is 24.3 Å². The molecule has 3 rings (SSSR count). The summed E-state index contributed by atoms with van der Waals surface area (Å²) >= 11 is 9.93. The Morgan fingerprint density at radius 3 is 2.61 bits per heavy atom. The van der Waals surface area contributed by atoms with Crippen LogP contribution in [-0.4, -0.2) is 15.3 Å². The first-order chi connectivity index (χ1) is 11.0. The van der Waals surface area contributed by atoms with Crippen molar-refractivity contribution in [2.24, 2.45) is 0 Å². The van der Waals surface area contributed by atoms with Crippen LogP contribution in [0.15, 0.2) is 51.8 Å². The van der Waals surface area contributed by atoms with Crippen molar-refractivity contribution in [3.8, 4) is 5.75 Å². The minimum atomic E-state index is -0.178. The van der Waals surface area contributed by atoms with Crippen LogP contribution in [0, 0.1) is 6.92 Å². The van der Waals surface area contributed by atoms with Crippen LogP contribution in [0.4, 0.5) is 5.69 Å². The molecule has 0 bridgehead atoms. The number of phenols is 1. The normalized spacial score (nSPS) is 16.4. The van der Waals surface area contributed by atoms with Gasteiger partial charge in [0.25, 0.3) is 5.91 Å². The lowest BCUT2D eigenvalue weighted by molar-refractivity contribution is -0.113. The number of benzene rings is 2. The number of aryl methyl sites for hydroxylation is 1. The number of hydrogen-bond acceptors (Lipinski definition) is 4. The van der Waals surface area contributed by atoms with Crippen molar-refractivity contribution in [3.63, 3.8) is 0 Å². The summed E-state index contributed by atoms with van der Waals surface area (Å²) in [4.78, 5) is 14.7. The van der Waals surface area contributed by atoms with Crippen LogP contribution >= 0.6 is 39.9 Å². The van der Waals surface area contributed by atoms with Gasteiger partial charge in [0, 0.05) is 10.0 Å². The van der Waals surface area contributed by atoms with Crippen molar-refractivity contribution in [2.45, 2.75) is 6.92 Å². The molecule has 1 aliphatic heterocycles. The summed E-state index contributed by atoms with van der Waals surface area (Å²) in [5.41, 5.74) is 2.44. The molecule has 1 fully saturated rings. The number of nitrogens with zero attached hydrogens (tertiary/aromatic N) is 1. The highest BCUT2D eigenvalue weighted by Crippen LogP contribution is 2.37. The van der Waals surface area contributed by atoms with Gasteiger partial charge >= 0.3 is 0 Å². The number of phenolic OH excluding ortho intramolecular Hbond substituents is 1. The predicted molar refractivity (Wildman–Crippen MR) is 103 cm³/mol. The van der Waals surface area contributed by atoms with Crippen molar-refractivity contribution in [1.82, 2.24) is 0 Å². The van der Waals surface area contributed by atoms with Gasteiger partial charge in [0.2, 0.25) is 0 Å². The highest BCUT2D eigenvalue weighted by atomic mass is 79.9. The van der Waals surface area contributed by atoms with E-state index in [-0.39, 0.29) is 11.7 Å². The van der Waals surface area contributed by atoms with Gasteiger partial charge in [-0.15, -0.1) is 0 Å². The molecule has 0 unspecified atom stereocenters. The lowest BCUT2D eigenvalue weighted by Gasteiger charge is -2.14. The lowest BCUT2D eigenvalue weighted by atomic mass is 10.2. The molecule has 3 nitrogen and oxygen atoms in total. The monoisotopic (exact) mass is 405 g/mol. The topological polar surface area (TPSA) is 40.5 Å². The zero-order valence-corrected chi connectivity index (χ0v) is 15.3. The average Bonchev–Trinajstić information content (AvgIpc) is 2.79. The van der Waals surface area contributed by atoms with Gasteiger partial charge in [0.1, 0.15) is 5.75 Å². The first-order valence-corrected chi connectivity index (χ1v) is 8.80. The van der Waals surface area contributed by atoms with Crippen LogP contribution in [0.1, 0.15) is 11.1 Å². The quantitative estimate of drug-likeness (QED) is 0.571. The summed E-state index contributed by atoms with van der Waals surface area (Å²) in [6.07, 6.45) is 1.66. The SMILES string of the molecule is Cc1ccc(N2C(=O)C(=Cc3cc(Br)ccc3O)SC2=S)cc1. The number of carbonyl (C=O) groups is 1. The molecule has 2 aromatic carbocycles. The van der Waals surface area contributed by atoms with Crippen molar-refractivity contribution < 1.29 is 9.90 Å². The molecule has 0 saturated carbocycles. The fraction of sp³-hybridized carbons (Fsp3) is 0.0588. The van der Waals surface area contributed by atoms with Gasteiger partial charge < -0.3 is 5.11 Å². The number of thioether (sulfide) groups is 1. The van der Waals surface area contributed by atoms with Gasteiger partial charge in [0.05, 0.1) is 10.6 Å². The van der Waals surface area contributed by atoms with Gasteiger partial charge in [-0.3, -0.25) is 9.69 Å². The Hall–Kier alpha value is -1.63. The van der Waals surface area contributed by atoms with Crippen LogP contribution in [-0.2, 0) is 4.79 Å². The Morgan fingerprint density at radius 2 is 1.91 bits per heavy atom. The van der Waals surface area contributed by atoms with Gasteiger partial charge in [0.15, 0.2) is 4.32 Å². The summed E-state index contributed by atoms with van der Waals surface area (Å²) in [5.74, 6) is -0.0583. The second-order valence-electron chi connectivity index (χ2n) is 5.06. The highest BCUT2D eigenvalue weighted by molar-refractivity contribution is 9.10. The molecular formula is C17H12BrNO2S2. The molecule has 1 aliphatic rings. The Labute approximate surface area is 152 Å². The number of thiocarbonyl (C=S) groups is 1. The number of aromatic hydroxyl groups is 1. The molecule has 1 N–H and O–H groups in total. The maximum absolute atomic E-state index is 12.7. The molecule has 0 radical (unpaired) electrons. The highest BCUT2D eigenvalue weighted by Gasteiger charge is 2.33. The fourth-order valence-electron chi connectivity index (χ4n) is 2.17.